The van der Waals surface area contributed by atoms with Gasteiger partial charge in [-0.25, -0.2) is 4.99 Å². The molecule has 0 aliphatic carbocycles. The van der Waals surface area contributed by atoms with Crippen molar-refractivity contribution in [1.82, 2.24) is 10.6 Å². The van der Waals surface area contributed by atoms with Crippen LogP contribution in [-0.2, 0) is 11.3 Å². The van der Waals surface area contributed by atoms with E-state index in [1.165, 1.54) is 0 Å². The maximum Gasteiger partial charge on any atom is 0.191 e. The fraction of sp³-hybridized carbons (Fsp3) is 0.500. The Kier molecular flexibility index (Phi) is 10.8. The average molecular weight is 409 g/mol. The lowest BCUT2D eigenvalue weighted by Crippen LogP contribution is -2.38. The summed E-state index contributed by atoms with van der Waals surface area (Å²) < 4.78 is 10.1. The normalized spacial score (nSPS) is 10.7. The molecule has 120 valence electrons. The Labute approximate surface area is 143 Å². The van der Waals surface area contributed by atoms with E-state index in [2.05, 4.69) is 15.6 Å². The first-order chi connectivity index (χ1) is 9.71. The van der Waals surface area contributed by atoms with Crippen LogP contribution in [0.3, 0.4) is 0 Å². The highest BCUT2D eigenvalue weighted by Crippen LogP contribution is 2.23. The van der Waals surface area contributed by atoms with Crippen molar-refractivity contribution in [2.24, 2.45) is 4.99 Å². The maximum absolute atomic E-state index is 9.80. The molecule has 1 aromatic carbocycles. The lowest BCUT2D eigenvalue weighted by Gasteiger charge is -2.11. The molecule has 0 unspecified atom stereocenters. The zero-order valence-corrected chi connectivity index (χ0v) is 15.0. The van der Waals surface area contributed by atoms with Crippen LogP contribution in [0.2, 0.25) is 0 Å². The minimum atomic E-state index is 0. The Morgan fingerprint density at radius 2 is 2.05 bits per heavy atom. The topological polar surface area (TPSA) is 75.1 Å². The summed E-state index contributed by atoms with van der Waals surface area (Å²) >= 11 is 0. The average Bonchev–Trinajstić information content (AvgIpc) is 2.46. The van der Waals surface area contributed by atoms with Crippen molar-refractivity contribution in [3.8, 4) is 11.5 Å². The van der Waals surface area contributed by atoms with Crippen molar-refractivity contribution >= 4 is 29.9 Å². The molecule has 21 heavy (non-hydrogen) atoms. The van der Waals surface area contributed by atoms with E-state index < -0.39 is 0 Å². The molecular formula is C14H24IN3O3. The largest absolute Gasteiger partial charge is 0.508 e. The van der Waals surface area contributed by atoms with Crippen LogP contribution in [-0.4, -0.2) is 45.0 Å². The Morgan fingerprint density at radius 3 is 2.67 bits per heavy atom. The maximum atomic E-state index is 9.80. The Hall–Kier alpha value is -1.22. The van der Waals surface area contributed by atoms with E-state index in [0.717, 1.165) is 6.54 Å². The van der Waals surface area contributed by atoms with Gasteiger partial charge in [-0.05, 0) is 25.1 Å². The number of rotatable bonds is 7. The van der Waals surface area contributed by atoms with E-state index in [1.807, 2.05) is 6.92 Å². The quantitative estimate of drug-likeness (QED) is 0.277. The van der Waals surface area contributed by atoms with Gasteiger partial charge in [0, 0.05) is 25.8 Å². The van der Waals surface area contributed by atoms with Gasteiger partial charge in [0.2, 0.25) is 0 Å². The van der Waals surface area contributed by atoms with Crippen LogP contribution in [0.5, 0.6) is 11.5 Å². The van der Waals surface area contributed by atoms with Gasteiger partial charge in [-0.3, -0.25) is 0 Å². The molecule has 0 aliphatic rings. The summed E-state index contributed by atoms with van der Waals surface area (Å²) in [5.74, 6) is 1.60. The molecule has 0 fully saturated rings. The van der Waals surface area contributed by atoms with Gasteiger partial charge in [-0.1, -0.05) is 0 Å². The van der Waals surface area contributed by atoms with Crippen LogP contribution in [0.4, 0.5) is 0 Å². The summed E-state index contributed by atoms with van der Waals surface area (Å²) in [6, 6.07) is 5.09. The second-order valence-electron chi connectivity index (χ2n) is 4.11. The molecule has 0 atom stereocenters. The van der Waals surface area contributed by atoms with Gasteiger partial charge in [-0.2, -0.15) is 0 Å². The number of nitrogens with one attached hydrogen (secondary N) is 2. The summed E-state index contributed by atoms with van der Waals surface area (Å²) in [5, 5.41) is 16.1. The number of hydrogen-bond acceptors (Lipinski definition) is 4. The van der Waals surface area contributed by atoms with E-state index in [9.17, 15) is 5.11 Å². The second-order valence-corrected chi connectivity index (χ2v) is 4.11. The molecule has 6 nitrogen and oxygen atoms in total. The summed E-state index contributed by atoms with van der Waals surface area (Å²) in [6.45, 7) is 4.41. The number of hydrogen-bond donors (Lipinski definition) is 3. The molecule has 0 saturated heterocycles. The number of methoxy groups -OCH3 is 2. The van der Waals surface area contributed by atoms with Crippen LogP contribution >= 0.6 is 24.0 Å². The highest BCUT2D eigenvalue weighted by atomic mass is 127. The van der Waals surface area contributed by atoms with E-state index in [4.69, 9.17) is 9.47 Å². The third-order valence-electron chi connectivity index (χ3n) is 2.64. The Balaban J connectivity index is 0.00000400. The molecule has 0 aliphatic heterocycles. The van der Waals surface area contributed by atoms with Gasteiger partial charge in [0.25, 0.3) is 0 Å². The predicted octanol–water partition coefficient (Wildman–Crippen LogP) is 1.72. The number of ether oxygens (including phenoxy) is 2. The fourth-order valence-electron chi connectivity index (χ4n) is 1.59. The first kappa shape index (κ1) is 19.8. The van der Waals surface area contributed by atoms with Crippen LogP contribution in [0.25, 0.3) is 0 Å². The van der Waals surface area contributed by atoms with Gasteiger partial charge in [0.15, 0.2) is 5.96 Å². The monoisotopic (exact) mass is 409 g/mol. The number of aliphatic imine (C=N–C) groups is 1. The first-order valence-corrected chi connectivity index (χ1v) is 6.58. The van der Waals surface area contributed by atoms with Crippen molar-refractivity contribution in [2.75, 3.05) is 33.9 Å². The van der Waals surface area contributed by atoms with Crippen molar-refractivity contribution in [3.05, 3.63) is 23.8 Å². The minimum absolute atomic E-state index is 0. The number of guanidine groups is 1. The summed E-state index contributed by atoms with van der Waals surface area (Å²) in [5.41, 5.74) is 0.716. The number of benzene rings is 1. The Morgan fingerprint density at radius 1 is 1.29 bits per heavy atom. The number of phenolic OH excluding ortho intramolecular Hbond substituents is 1. The van der Waals surface area contributed by atoms with Crippen LogP contribution in [0, 0.1) is 0 Å². The van der Waals surface area contributed by atoms with Crippen LogP contribution in [0.1, 0.15) is 12.5 Å². The summed E-state index contributed by atoms with van der Waals surface area (Å²) in [6.07, 6.45) is 0. The number of aromatic hydroxyl groups is 1. The summed E-state index contributed by atoms with van der Waals surface area (Å²) in [7, 11) is 3.25. The third-order valence-corrected chi connectivity index (χ3v) is 2.64. The predicted molar refractivity (Wildman–Crippen MR) is 94.8 cm³/mol. The smallest absolute Gasteiger partial charge is 0.191 e. The molecular weight excluding hydrogens is 385 g/mol. The van der Waals surface area contributed by atoms with E-state index >= 15 is 0 Å². The SMILES string of the molecule is CCNC(=NCc1cc(OC)ccc1O)NCCOC.I. The van der Waals surface area contributed by atoms with Gasteiger partial charge < -0.3 is 25.2 Å². The molecule has 3 N–H and O–H groups in total. The van der Waals surface area contributed by atoms with Crippen molar-refractivity contribution in [3.63, 3.8) is 0 Å². The van der Waals surface area contributed by atoms with E-state index in [1.54, 1.807) is 32.4 Å². The van der Waals surface area contributed by atoms with Crippen molar-refractivity contribution < 1.29 is 14.6 Å². The van der Waals surface area contributed by atoms with Crippen LogP contribution < -0.4 is 15.4 Å². The molecule has 7 heteroatoms. The van der Waals surface area contributed by atoms with Gasteiger partial charge in [0.05, 0.1) is 20.3 Å². The molecule has 0 radical (unpaired) electrons. The third kappa shape index (κ3) is 7.37. The number of nitrogens with zero attached hydrogens (tertiary/aromatic N) is 1. The minimum Gasteiger partial charge on any atom is -0.508 e. The van der Waals surface area contributed by atoms with E-state index in [-0.39, 0.29) is 29.7 Å². The van der Waals surface area contributed by atoms with E-state index in [0.29, 0.717) is 37.0 Å². The highest BCUT2D eigenvalue weighted by Gasteiger charge is 2.03. The number of phenols is 1. The molecule has 0 bridgehead atoms. The molecule has 0 saturated carbocycles. The molecule has 0 amide bonds. The molecule has 1 rings (SSSR count). The summed E-state index contributed by atoms with van der Waals surface area (Å²) in [4.78, 5) is 4.42. The standard InChI is InChI=1S/C14H23N3O3.HI/c1-4-15-14(16-7-8-19-2)17-10-11-9-12(20-3)5-6-13(11)18;/h5-6,9,18H,4,7-8,10H2,1-3H3,(H2,15,16,17);1H. The van der Waals surface area contributed by atoms with Crippen molar-refractivity contribution in [1.29, 1.82) is 0 Å². The van der Waals surface area contributed by atoms with Gasteiger partial charge in [-0.15, -0.1) is 24.0 Å². The van der Waals surface area contributed by atoms with Gasteiger partial charge in [0.1, 0.15) is 11.5 Å². The first-order valence-electron chi connectivity index (χ1n) is 6.58. The molecule has 0 aromatic heterocycles. The zero-order chi connectivity index (χ0) is 14.8. The lowest BCUT2D eigenvalue weighted by molar-refractivity contribution is 0.203. The zero-order valence-electron chi connectivity index (χ0n) is 12.7. The van der Waals surface area contributed by atoms with Crippen molar-refractivity contribution in [2.45, 2.75) is 13.5 Å². The van der Waals surface area contributed by atoms with Gasteiger partial charge >= 0.3 is 0 Å². The second kappa shape index (κ2) is 11.4. The molecule has 0 spiro atoms. The highest BCUT2D eigenvalue weighted by molar-refractivity contribution is 14.0. The fourth-order valence-corrected chi connectivity index (χ4v) is 1.59. The number of halogens is 1. The Bertz CT molecular complexity index is 441. The van der Waals surface area contributed by atoms with Crippen LogP contribution in [0.15, 0.2) is 23.2 Å². The molecule has 1 aromatic rings. The lowest BCUT2D eigenvalue weighted by atomic mass is 10.2. The molecule has 0 heterocycles.